The highest BCUT2D eigenvalue weighted by atomic mass is 19.4. The van der Waals surface area contributed by atoms with Crippen LogP contribution in [-0.4, -0.2) is 36.8 Å². The number of amides is 1. The number of alkyl halides is 3. The molecule has 26 heavy (non-hydrogen) atoms. The van der Waals surface area contributed by atoms with Crippen molar-refractivity contribution in [1.82, 2.24) is 29.6 Å². The Hall–Kier alpha value is -3.24. The predicted molar refractivity (Wildman–Crippen MR) is 84.3 cm³/mol. The molecule has 0 aliphatic rings. The van der Waals surface area contributed by atoms with Crippen LogP contribution in [0.25, 0.3) is 11.0 Å². The van der Waals surface area contributed by atoms with Crippen LogP contribution in [0.4, 0.5) is 13.2 Å². The van der Waals surface area contributed by atoms with Gasteiger partial charge >= 0.3 is 11.9 Å². The highest BCUT2D eigenvalue weighted by molar-refractivity contribution is 5.97. The minimum atomic E-state index is -4.73. The van der Waals surface area contributed by atoms with E-state index in [1.165, 1.54) is 12.4 Å². The van der Waals surface area contributed by atoms with Crippen molar-refractivity contribution in [2.75, 3.05) is 6.54 Å². The van der Waals surface area contributed by atoms with E-state index < -0.39 is 23.6 Å². The standard InChI is InChI=1S/C15H13F3N6O2/c1-23-13(15(16,17)18)22-24(14(23)26)7-6-21-12(25)9-2-3-10-11(8-9)20-5-4-19-10/h2-5,8H,6-7H2,1H3,(H,21,25). The summed E-state index contributed by atoms with van der Waals surface area (Å²) in [6, 6.07) is 4.74. The summed E-state index contributed by atoms with van der Waals surface area (Å²) in [7, 11) is 0.989. The Morgan fingerprint density at radius 3 is 2.54 bits per heavy atom. The van der Waals surface area contributed by atoms with Gasteiger partial charge in [-0.15, -0.1) is 5.10 Å². The molecule has 11 heteroatoms. The van der Waals surface area contributed by atoms with Gasteiger partial charge in [0.05, 0.1) is 17.6 Å². The first-order valence-corrected chi connectivity index (χ1v) is 7.47. The number of hydrogen-bond donors (Lipinski definition) is 1. The fourth-order valence-electron chi connectivity index (χ4n) is 2.36. The lowest BCUT2D eigenvalue weighted by Gasteiger charge is -2.05. The smallest absolute Gasteiger partial charge is 0.350 e. The van der Waals surface area contributed by atoms with Crippen LogP contribution in [0.5, 0.6) is 0 Å². The van der Waals surface area contributed by atoms with E-state index in [1.54, 1.807) is 18.2 Å². The van der Waals surface area contributed by atoms with Crippen LogP contribution in [0.3, 0.4) is 0 Å². The van der Waals surface area contributed by atoms with Gasteiger partial charge in [-0.1, -0.05) is 0 Å². The normalized spacial score (nSPS) is 11.7. The molecule has 3 rings (SSSR count). The Balaban J connectivity index is 1.68. The van der Waals surface area contributed by atoms with Gasteiger partial charge in [0.25, 0.3) is 5.91 Å². The van der Waals surface area contributed by atoms with Gasteiger partial charge in [-0.05, 0) is 18.2 Å². The first-order chi connectivity index (χ1) is 12.3. The fraction of sp³-hybridized carbons (Fsp3) is 0.267. The largest absolute Gasteiger partial charge is 0.451 e. The number of hydrogen-bond acceptors (Lipinski definition) is 5. The first kappa shape index (κ1) is 17.6. The highest BCUT2D eigenvalue weighted by Gasteiger charge is 2.37. The van der Waals surface area contributed by atoms with Gasteiger partial charge in [0.1, 0.15) is 0 Å². The molecule has 1 amide bonds. The molecule has 0 bridgehead atoms. The van der Waals surface area contributed by atoms with Crippen LogP contribution < -0.4 is 11.0 Å². The molecule has 3 aromatic rings. The Bertz CT molecular complexity index is 1020. The second-order valence-corrected chi connectivity index (χ2v) is 5.40. The van der Waals surface area contributed by atoms with E-state index >= 15 is 0 Å². The van der Waals surface area contributed by atoms with E-state index in [0.717, 1.165) is 7.05 Å². The molecule has 1 N–H and O–H groups in total. The zero-order valence-corrected chi connectivity index (χ0v) is 13.5. The first-order valence-electron chi connectivity index (χ1n) is 7.47. The summed E-state index contributed by atoms with van der Waals surface area (Å²) in [5, 5.41) is 5.79. The maximum absolute atomic E-state index is 12.7. The molecule has 0 unspecified atom stereocenters. The molecule has 136 valence electrons. The van der Waals surface area contributed by atoms with E-state index in [9.17, 15) is 22.8 Å². The lowest BCUT2D eigenvalue weighted by Crippen LogP contribution is -2.31. The number of rotatable bonds is 4. The van der Waals surface area contributed by atoms with Crippen LogP contribution in [-0.2, 0) is 19.8 Å². The third-order valence-corrected chi connectivity index (χ3v) is 3.64. The number of nitrogens with zero attached hydrogens (tertiary/aromatic N) is 5. The van der Waals surface area contributed by atoms with Crippen LogP contribution in [0.2, 0.25) is 0 Å². The molecule has 0 radical (unpaired) electrons. The van der Waals surface area contributed by atoms with E-state index in [-0.39, 0.29) is 13.1 Å². The van der Waals surface area contributed by atoms with Crippen LogP contribution in [0.1, 0.15) is 16.2 Å². The van der Waals surface area contributed by atoms with Crippen molar-refractivity contribution in [1.29, 1.82) is 0 Å². The van der Waals surface area contributed by atoms with E-state index in [0.29, 0.717) is 25.8 Å². The quantitative estimate of drug-likeness (QED) is 0.743. The molecule has 0 saturated carbocycles. The van der Waals surface area contributed by atoms with Crippen molar-refractivity contribution in [3.8, 4) is 0 Å². The van der Waals surface area contributed by atoms with Gasteiger partial charge in [-0.3, -0.25) is 19.3 Å². The SMILES string of the molecule is Cn1c(C(F)(F)F)nn(CCNC(=O)c2ccc3nccnc3c2)c1=O. The summed E-state index contributed by atoms with van der Waals surface area (Å²) in [5.41, 5.74) is 0.578. The van der Waals surface area contributed by atoms with Crippen LogP contribution >= 0.6 is 0 Å². The molecular formula is C15H13F3N6O2. The van der Waals surface area contributed by atoms with Gasteiger partial charge in [-0.2, -0.15) is 13.2 Å². The van der Waals surface area contributed by atoms with Crippen molar-refractivity contribution in [3.63, 3.8) is 0 Å². The second kappa shape index (κ2) is 6.58. The summed E-state index contributed by atoms with van der Waals surface area (Å²) in [6.45, 7) is -0.257. The zero-order chi connectivity index (χ0) is 18.9. The van der Waals surface area contributed by atoms with Gasteiger partial charge < -0.3 is 5.32 Å². The van der Waals surface area contributed by atoms with Gasteiger partial charge in [0.15, 0.2) is 0 Å². The molecular weight excluding hydrogens is 353 g/mol. The third-order valence-electron chi connectivity index (χ3n) is 3.64. The van der Waals surface area contributed by atoms with Crippen molar-refractivity contribution >= 4 is 16.9 Å². The molecule has 0 saturated heterocycles. The van der Waals surface area contributed by atoms with E-state index in [2.05, 4.69) is 20.4 Å². The molecule has 0 fully saturated rings. The zero-order valence-electron chi connectivity index (χ0n) is 13.5. The maximum atomic E-state index is 12.7. The molecule has 2 aromatic heterocycles. The van der Waals surface area contributed by atoms with E-state index in [4.69, 9.17) is 0 Å². The van der Waals surface area contributed by atoms with Crippen molar-refractivity contribution in [3.05, 3.63) is 52.5 Å². The molecule has 0 aliphatic heterocycles. The molecule has 0 atom stereocenters. The number of nitrogens with one attached hydrogen (secondary N) is 1. The van der Waals surface area contributed by atoms with Crippen LogP contribution in [0.15, 0.2) is 35.4 Å². The fourth-order valence-corrected chi connectivity index (χ4v) is 2.36. The predicted octanol–water partition coefficient (Wildman–Crippen LogP) is 0.974. The number of aromatic nitrogens is 5. The summed E-state index contributed by atoms with van der Waals surface area (Å²) < 4.78 is 39.3. The summed E-state index contributed by atoms with van der Waals surface area (Å²) in [6.07, 6.45) is -1.70. The minimum Gasteiger partial charge on any atom is -0.350 e. The molecule has 8 nitrogen and oxygen atoms in total. The third kappa shape index (κ3) is 3.41. The van der Waals surface area contributed by atoms with Crippen molar-refractivity contribution in [2.45, 2.75) is 12.7 Å². The van der Waals surface area contributed by atoms with Crippen molar-refractivity contribution < 1.29 is 18.0 Å². The Morgan fingerprint density at radius 2 is 1.88 bits per heavy atom. The number of carbonyl (C=O) groups is 1. The minimum absolute atomic E-state index is 0.0639. The molecule has 0 aliphatic carbocycles. The lowest BCUT2D eigenvalue weighted by atomic mass is 10.2. The maximum Gasteiger partial charge on any atom is 0.451 e. The summed E-state index contributed by atoms with van der Waals surface area (Å²) >= 11 is 0. The van der Waals surface area contributed by atoms with Gasteiger partial charge in [-0.25, -0.2) is 9.48 Å². The summed E-state index contributed by atoms with van der Waals surface area (Å²) in [5.74, 6) is -1.74. The van der Waals surface area contributed by atoms with Gasteiger partial charge in [0, 0.05) is 31.5 Å². The Labute approximate surface area is 144 Å². The van der Waals surface area contributed by atoms with Crippen LogP contribution in [0, 0.1) is 0 Å². The summed E-state index contributed by atoms with van der Waals surface area (Å²) in [4.78, 5) is 32.1. The molecule has 2 heterocycles. The second-order valence-electron chi connectivity index (χ2n) is 5.40. The number of benzene rings is 1. The van der Waals surface area contributed by atoms with Crippen molar-refractivity contribution in [2.24, 2.45) is 7.05 Å². The average Bonchev–Trinajstić information content (AvgIpc) is 2.90. The lowest BCUT2D eigenvalue weighted by molar-refractivity contribution is -0.147. The molecule has 1 aromatic carbocycles. The monoisotopic (exact) mass is 366 g/mol. The van der Waals surface area contributed by atoms with Gasteiger partial charge in [0.2, 0.25) is 5.82 Å². The number of carbonyl (C=O) groups excluding carboxylic acids is 1. The topological polar surface area (TPSA) is 94.7 Å². The number of fused-ring (bicyclic) bond motifs is 1. The van der Waals surface area contributed by atoms with E-state index in [1.807, 2.05) is 0 Å². The highest BCUT2D eigenvalue weighted by Crippen LogP contribution is 2.25. The molecule has 0 spiro atoms. The number of halogens is 3. The Morgan fingerprint density at radius 1 is 1.19 bits per heavy atom. The Kier molecular flexibility index (Phi) is 4.45. The average molecular weight is 366 g/mol.